The van der Waals surface area contributed by atoms with Gasteiger partial charge < -0.3 is 24.8 Å². The number of likely N-dealkylation sites (tertiary alicyclic amines) is 1. The van der Waals surface area contributed by atoms with Crippen molar-refractivity contribution in [3.05, 3.63) is 83.7 Å². The minimum absolute atomic E-state index is 0.0470. The predicted octanol–water partition coefficient (Wildman–Crippen LogP) is 2.48. The van der Waals surface area contributed by atoms with E-state index in [4.69, 9.17) is 14.2 Å². The van der Waals surface area contributed by atoms with E-state index in [1.807, 2.05) is 54.6 Å². The Hall–Kier alpha value is -4.11. The Morgan fingerprint density at radius 1 is 1.00 bits per heavy atom. The Bertz CT molecular complexity index is 1250. The van der Waals surface area contributed by atoms with E-state index in [2.05, 4.69) is 20.5 Å². The zero-order valence-electron chi connectivity index (χ0n) is 21.4. The summed E-state index contributed by atoms with van der Waals surface area (Å²) in [4.78, 5) is 32.1. The highest BCUT2D eigenvalue weighted by atomic mass is 16.5. The summed E-state index contributed by atoms with van der Waals surface area (Å²) in [5.74, 6) is 1.43. The Morgan fingerprint density at radius 2 is 1.84 bits per heavy atom. The fourth-order valence-corrected chi connectivity index (χ4v) is 4.74. The number of benzene rings is 2. The highest BCUT2D eigenvalue weighted by molar-refractivity contribution is 5.78. The third-order valence-electron chi connectivity index (χ3n) is 6.73. The Labute approximate surface area is 222 Å². The Balaban J connectivity index is 1.35. The summed E-state index contributed by atoms with van der Waals surface area (Å²) in [5, 5.41) is 6.08. The molecule has 1 saturated heterocycles. The molecule has 198 valence electrons. The maximum atomic E-state index is 13.0. The van der Waals surface area contributed by atoms with Crippen molar-refractivity contribution in [2.24, 2.45) is 0 Å². The third kappa shape index (κ3) is 6.60. The molecule has 0 unspecified atom stereocenters. The largest absolute Gasteiger partial charge is 0.493 e. The van der Waals surface area contributed by atoms with Crippen LogP contribution in [-0.2, 0) is 29.1 Å². The van der Waals surface area contributed by atoms with E-state index in [-0.39, 0.29) is 30.6 Å². The number of ether oxygens (including phenoxy) is 3. The molecular formula is C29H32N4O5. The number of amides is 2. The quantitative estimate of drug-likeness (QED) is 0.552. The highest BCUT2D eigenvalue weighted by Crippen LogP contribution is 2.29. The van der Waals surface area contributed by atoms with Crippen molar-refractivity contribution in [2.75, 3.05) is 26.8 Å². The van der Waals surface area contributed by atoms with Crippen LogP contribution in [0.2, 0.25) is 0 Å². The molecule has 2 amide bonds. The number of methoxy groups -OCH3 is 1. The van der Waals surface area contributed by atoms with Crippen molar-refractivity contribution in [1.29, 1.82) is 0 Å². The average Bonchev–Trinajstić information content (AvgIpc) is 3.30. The Morgan fingerprint density at radius 3 is 2.63 bits per heavy atom. The number of nitrogens with one attached hydrogen (secondary N) is 2. The second-order valence-electron chi connectivity index (χ2n) is 9.54. The van der Waals surface area contributed by atoms with Crippen molar-refractivity contribution in [3.63, 3.8) is 0 Å². The van der Waals surface area contributed by atoms with Gasteiger partial charge >= 0.3 is 0 Å². The molecule has 2 atom stereocenters. The van der Waals surface area contributed by atoms with Crippen molar-refractivity contribution in [2.45, 2.75) is 38.1 Å². The van der Waals surface area contributed by atoms with Crippen LogP contribution < -0.4 is 24.8 Å². The van der Waals surface area contributed by atoms with E-state index in [9.17, 15) is 9.59 Å². The summed E-state index contributed by atoms with van der Waals surface area (Å²) >= 11 is 0. The molecule has 9 nitrogen and oxygen atoms in total. The van der Waals surface area contributed by atoms with E-state index >= 15 is 0 Å². The lowest BCUT2D eigenvalue weighted by Gasteiger charge is -2.21. The van der Waals surface area contributed by atoms with Crippen molar-refractivity contribution < 1.29 is 23.8 Å². The molecule has 3 aliphatic rings. The number of hydrogen-bond donors (Lipinski definition) is 2. The number of carbonyl (C=O) groups excluding carboxylic acids is 2. The van der Waals surface area contributed by atoms with Gasteiger partial charge in [0.05, 0.1) is 18.8 Å². The van der Waals surface area contributed by atoms with Gasteiger partial charge in [0.25, 0.3) is 5.91 Å². The summed E-state index contributed by atoms with van der Waals surface area (Å²) in [6.07, 6.45) is 2.41. The molecule has 0 radical (unpaired) electrons. The van der Waals surface area contributed by atoms with Gasteiger partial charge in [-0.3, -0.25) is 19.5 Å². The zero-order valence-corrected chi connectivity index (χ0v) is 21.4. The SMILES string of the molecule is COc1ccc2cc1OCC(=O)NCc1ccc(cc1)O[C@H]1CN(Cc3ccccn3)C[C@@H]1NC(=O)CC2. The summed E-state index contributed by atoms with van der Waals surface area (Å²) in [6.45, 7) is 2.25. The third-order valence-corrected chi connectivity index (χ3v) is 6.73. The number of pyridine rings is 1. The molecule has 1 fully saturated rings. The second kappa shape index (κ2) is 12.0. The summed E-state index contributed by atoms with van der Waals surface area (Å²) in [5.41, 5.74) is 2.84. The Kier molecular flexibility index (Phi) is 8.04. The lowest BCUT2D eigenvalue weighted by Crippen LogP contribution is -2.45. The van der Waals surface area contributed by atoms with Crippen molar-refractivity contribution >= 4 is 11.8 Å². The number of rotatable bonds is 3. The molecule has 0 saturated carbocycles. The van der Waals surface area contributed by atoms with E-state index < -0.39 is 0 Å². The molecule has 0 spiro atoms. The van der Waals surface area contributed by atoms with E-state index in [1.54, 1.807) is 19.4 Å². The van der Waals surface area contributed by atoms with Crippen molar-refractivity contribution in [1.82, 2.24) is 20.5 Å². The first-order valence-electron chi connectivity index (χ1n) is 12.8. The van der Waals surface area contributed by atoms with E-state index in [0.717, 1.165) is 16.8 Å². The van der Waals surface area contributed by atoms with Crippen LogP contribution in [0.1, 0.15) is 23.2 Å². The van der Waals surface area contributed by atoms with Crippen LogP contribution in [0.4, 0.5) is 0 Å². The summed E-state index contributed by atoms with van der Waals surface area (Å²) in [6, 6.07) is 18.9. The van der Waals surface area contributed by atoms with Crippen LogP contribution in [0.3, 0.4) is 0 Å². The molecule has 3 aromatic rings. The lowest BCUT2D eigenvalue weighted by molar-refractivity contribution is -0.123. The van der Waals surface area contributed by atoms with Gasteiger partial charge in [0.1, 0.15) is 11.9 Å². The molecule has 9 heteroatoms. The normalized spacial score (nSPS) is 20.6. The molecule has 2 aromatic carbocycles. The molecule has 0 aliphatic carbocycles. The standard InChI is InChI=1S/C29H32N4O5/c1-36-25-11-7-20-8-12-28(34)32-24-17-33(16-22-4-2-3-13-30-22)18-27(24)38-23-9-5-21(6-10-23)15-31-29(35)19-37-26(25)14-20/h2-7,9-11,13-14,24,27H,8,12,15-19H2,1H3,(H,31,35)(H,32,34)/t24-,27-/m0/s1. The number of nitrogens with zero attached hydrogens (tertiary/aromatic N) is 2. The smallest absolute Gasteiger partial charge is 0.258 e. The van der Waals surface area contributed by atoms with E-state index in [0.29, 0.717) is 56.3 Å². The fraction of sp³-hybridized carbons (Fsp3) is 0.345. The van der Waals surface area contributed by atoms with Gasteiger partial charge in [0, 0.05) is 38.8 Å². The van der Waals surface area contributed by atoms with Gasteiger partial charge in [-0.15, -0.1) is 0 Å². The van der Waals surface area contributed by atoms with Crippen molar-refractivity contribution in [3.8, 4) is 17.2 Å². The van der Waals surface area contributed by atoms with Crippen LogP contribution in [-0.4, -0.2) is 60.7 Å². The predicted molar refractivity (Wildman–Crippen MR) is 141 cm³/mol. The minimum Gasteiger partial charge on any atom is -0.493 e. The second-order valence-corrected chi connectivity index (χ2v) is 9.54. The first kappa shape index (κ1) is 25.5. The highest BCUT2D eigenvalue weighted by Gasteiger charge is 2.35. The number of aromatic nitrogens is 1. The molecule has 2 N–H and O–H groups in total. The molecule has 4 bridgehead atoms. The molecule has 1 aromatic heterocycles. The van der Waals surface area contributed by atoms with Gasteiger partial charge in [-0.1, -0.05) is 24.3 Å². The maximum Gasteiger partial charge on any atom is 0.258 e. The van der Waals surface area contributed by atoms with Crippen LogP contribution in [0.25, 0.3) is 0 Å². The minimum atomic E-state index is -0.239. The lowest BCUT2D eigenvalue weighted by atomic mass is 10.1. The molecule has 3 aliphatic heterocycles. The number of hydrogen-bond acceptors (Lipinski definition) is 7. The van der Waals surface area contributed by atoms with Gasteiger partial charge in [0.2, 0.25) is 5.91 Å². The fourth-order valence-electron chi connectivity index (χ4n) is 4.74. The van der Waals surface area contributed by atoms with Crippen LogP contribution >= 0.6 is 0 Å². The van der Waals surface area contributed by atoms with Gasteiger partial charge in [-0.2, -0.15) is 0 Å². The number of carbonyl (C=O) groups is 2. The number of fused-ring (bicyclic) bond motifs is 9. The molecule has 4 heterocycles. The topological polar surface area (TPSA) is 102 Å². The molecule has 38 heavy (non-hydrogen) atoms. The zero-order chi connectivity index (χ0) is 26.3. The van der Waals surface area contributed by atoms with E-state index in [1.165, 1.54) is 0 Å². The molecule has 6 rings (SSSR count). The van der Waals surface area contributed by atoms with Crippen LogP contribution in [0.5, 0.6) is 17.2 Å². The summed E-state index contributed by atoms with van der Waals surface area (Å²) < 4.78 is 17.5. The molecular weight excluding hydrogens is 484 g/mol. The number of aryl methyl sites for hydroxylation is 1. The van der Waals surface area contributed by atoms with Gasteiger partial charge in [0.15, 0.2) is 18.1 Å². The first-order valence-corrected chi connectivity index (χ1v) is 12.8. The van der Waals surface area contributed by atoms with Gasteiger partial charge in [-0.05, 0) is 53.9 Å². The summed E-state index contributed by atoms with van der Waals surface area (Å²) in [7, 11) is 1.55. The van der Waals surface area contributed by atoms with Crippen LogP contribution in [0, 0.1) is 0 Å². The van der Waals surface area contributed by atoms with Gasteiger partial charge in [-0.25, -0.2) is 0 Å². The first-order chi connectivity index (χ1) is 18.6. The maximum absolute atomic E-state index is 13.0. The van der Waals surface area contributed by atoms with Crippen LogP contribution in [0.15, 0.2) is 66.9 Å². The average molecular weight is 517 g/mol. The monoisotopic (exact) mass is 516 g/mol.